The second-order valence-corrected chi connectivity index (χ2v) is 9.68. The molecule has 0 unspecified atom stereocenters. The number of ether oxygens (including phenoxy) is 8. The van der Waals surface area contributed by atoms with Crippen molar-refractivity contribution in [3.63, 3.8) is 0 Å². The van der Waals surface area contributed by atoms with Crippen LogP contribution in [-0.4, -0.2) is 87.1 Å². The van der Waals surface area contributed by atoms with E-state index in [1.165, 1.54) is 26.4 Å². The van der Waals surface area contributed by atoms with Crippen LogP contribution in [0.3, 0.4) is 0 Å². The maximum absolute atomic E-state index is 12.9. The van der Waals surface area contributed by atoms with Crippen LogP contribution in [0, 0.1) is 0 Å². The number of fused-ring (bicyclic) bond motifs is 1. The van der Waals surface area contributed by atoms with Gasteiger partial charge < -0.3 is 43.0 Å². The topological polar surface area (TPSA) is 128 Å². The Morgan fingerprint density at radius 3 is 2.23 bits per heavy atom. The second kappa shape index (κ2) is 13.0. The highest BCUT2D eigenvalue weighted by atomic mass is 16.8. The van der Waals surface area contributed by atoms with Gasteiger partial charge >= 0.3 is 11.9 Å². The maximum Gasteiger partial charge on any atom is 0.338 e. The van der Waals surface area contributed by atoms with Crippen molar-refractivity contribution in [2.24, 2.45) is 0 Å². The highest BCUT2D eigenvalue weighted by molar-refractivity contribution is 5.87. The molecular weight excluding hydrogens is 524 g/mol. The zero-order chi connectivity index (χ0) is 29.6. The van der Waals surface area contributed by atoms with Gasteiger partial charge in [-0.05, 0) is 37.6 Å². The van der Waals surface area contributed by atoms with Gasteiger partial charge in [0.1, 0.15) is 25.4 Å². The number of methoxy groups -OCH3 is 3. The Morgan fingerprint density at radius 1 is 1.00 bits per heavy atom. The van der Waals surface area contributed by atoms with Crippen LogP contribution < -0.4 is 9.47 Å². The van der Waals surface area contributed by atoms with Gasteiger partial charge in [-0.15, -0.1) is 0 Å². The average molecular weight is 563 g/mol. The van der Waals surface area contributed by atoms with Crippen molar-refractivity contribution in [3.8, 4) is 11.5 Å². The van der Waals surface area contributed by atoms with E-state index >= 15 is 0 Å². The molecule has 11 heteroatoms. The molecule has 1 aliphatic carbocycles. The minimum absolute atomic E-state index is 0.166. The number of aliphatic hydroxyl groups is 1. The maximum atomic E-state index is 12.9. The first-order chi connectivity index (χ1) is 19.0. The highest BCUT2D eigenvalue weighted by Crippen LogP contribution is 2.46. The molecule has 11 nitrogen and oxygen atoms in total. The van der Waals surface area contributed by atoms with Crippen molar-refractivity contribution in [2.75, 3.05) is 34.5 Å². The molecule has 40 heavy (non-hydrogen) atoms. The van der Waals surface area contributed by atoms with Crippen LogP contribution in [-0.2, 0) is 38.0 Å². The van der Waals surface area contributed by atoms with Gasteiger partial charge in [0.15, 0.2) is 17.1 Å². The van der Waals surface area contributed by atoms with E-state index in [9.17, 15) is 14.7 Å². The molecule has 0 aromatic heterocycles. The van der Waals surface area contributed by atoms with E-state index in [4.69, 9.17) is 37.9 Å². The van der Waals surface area contributed by atoms with Gasteiger partial charge in [-0.1, -0.05) is 31.4 Å². The number of benzene rings is 1. The van der Waals surface area contributed by atoms with Crippen LogP contribution >= 0.6 is 0 Å². The third kappa shape index (κ3) is 6.56. The van der Waals surface area contributed by atoms with Crippen molar-refractivity contribution in [1.29, 1.82) is 0 Å². The molecule has 0 radical (unpaired) electrons. The predicted octanol–water partition coefficient (Wildman–Crippen LogP) is 2.95. The molecule has 1 N–H and O–H groups in total. The van der Waals surface area contributed by atoms with E-state index in [2.05, 4.69) is 13.2 Å². The third-order valence-corrected chi connectivity index (χ3v) is 7.08. The Kier molecular flexibility index (Phi) is 10.1. The van der Waals surface area contributed by atoms with Gasteiger partial charge in [0, 0.05) is 33.1 Å². The van der Waals surface area contributed by atoms with Crippen molar-refractivity contribution in [3.05, 3.63) is 55.1 Å². The van der Waals surface area contributed by atoms with Crippen molar-refractivity contribution >= 4 is 18.0 Å². The molecule has 1 aromatic carbocycles. The van der Waals surface area contributed by atoms with E-state index in [1.807, 2.05) is 0 Å². The zero-order valence-corrected chi connectivity index (χ0v) is 23.5. The van der Waals surface area contributed by atoms with Crippen LogP contribution in [0.5, 0.6) is 11.5 Å². The summed E-state index contributed by atoms with van der Waals surface area (Å²) in [6, 6.07) is 5.15. The number of carbonyl (C=O) groups excluding carboxylic acids is 2. The summed E-state index contributed by atoms with van der Waals surface area (Å²) in [6.45, 7) is 11.1. The molecule has 1 saturated heterocycles. The smallest absolute Gasteiger partial charge is 0.338 e. The standard InChI is InChI=1S/C29H38O11/c1-8-14-36-20-12-10-19(16-21(20)37-15-9-2)11-13-24(30)38-22-17-29(32,26(31)33-5)18-23-25(22)40-28(4,35-7)27(3,34-6)39-23/h8-13,16,22-23,25,32H,1-2,14-15,17-18H2,3-7H3/b13-11+/t22-,23+,25+,27-,28-,29-/m0/s1. The molecule has 0 bridgehead atoms. The number of hydrogen-bond acceptors (Lipinski definition) is 11. The number of esters is 2. The Morgan fingerprint density at radius 2 is 1.62 bits per heavy atom. The molecule has 6 atom stereocenters. The molecule has 1 aromatic rings. The molecule has 0 spiro atoms. The second-order valence-electron chi connectivity index (χ2n) is 9.68. The Hall–Kier alpha value is -3.22. The SMILES string of the molecule is C=CCOc1ccc(/C=C/C(=O)O[C@H]2C[C@@](O)(C(=O)OC)C[C@H]3O[C@](C)(OC)[C@@](C)(OC)O[C@H]23)cc1OCC=C. The lowest BCUT2D eigenvalue weighted by atomic mass is 9.78. The minimum atomic E-state index is -1.98. The van der Waals surface area contributed by atoms with Crippen molar-refractivity contribution < 1.29 is 52.6 Å². The van der Waals surface area contributed by atoms with Gasteiger partial charge in [-0.2, -0.15) is 0 Å². The summed E-state index contributed by atoms with van der Waals surface area (Å²) in [5.74, 6) is -3.42. The largest absolute Gasteiger partial charge is 0.486 e. The molecule has 2 fully saturated rings. The summed E-state index contributed by atoms with van der Waals surface area (Å²) in [4.78, 5) is 25.5. The van der Waals surface area contributed by atoms with E-state index in [0.29, 0.717) is 23.7 Å². The first-order valence-corrected chi connectivity index (χ1v) is 12.7. The van der Waals surface area contributed by atoms with E-state index in [-0.39, 0.29) is 19.4 Å². The fraction of sp³-hybridized carbons (Fsp3) is 0.517. The fourth-order valence-electron chi connectivity index (χ4n) is 4.69. The predicted molar refractivity (Wildman–Crippen MR) is 144 cm³/mol. The Labute approximate surface area is 234 Å². The van der Waals surface area contributed by atoms with Gasteiger partial charge in [0.2, 0.25) is 11.6 Å². The monoisotopic (exact) mass is 562 g/mol. The average Bonchev–Trinajstić information content (AvgIpc) is 2.94. The summed E-state index contributed by atoms with van der Waals surface area (Å²) in [5, 5.41) is 11.2. The molecule has 3 rings (SSSR count). The lowest BCUT2D eigenvalue weighted by Crippen LogP contribution is -2.71. The molecule has 1 heterocycles. The van der Waals surface area contributed by atoms with Gasteiger partial charge in [-0.25, -0.2) is 9.59 Å². The van der Waals surface area contributed by atoms with E-state index < -0.39 is 47.4 Å². The zero-order valence-electron chi connectivity index (χ0n) is 23.5. The van der Waals surface area contributed by atoms with Crippen molar-refractivity contribution in [1.82, 2.24) is 0 Å². The fourth-order valence-corrected chi connectivity index (χ4v) is 4.69. The number of hydrogen-bond donors (Lipinski definition) is 1. The summed E-state index contributed by atoms with van der Waals surface area (Å²) in [7, 11) is 4.01. The van der Waals surface area contributed by atoms with Crippen LogP contribution in [0.25, 0.3) is 6.08 Å². The molecule has 0 amide bonds. The highest BCUT2D eigenvalue weighted by Gasteiger charge is 2.63. The molecular formula is C29H38O11. The first kappa shape index (κ1) is 31.3. The lowest BCUT2D eigenvalue weighted by Gasteiger charge is -2.56. The first-order valence-electron chi connectivity index (χ1n) is 12.7. The summed E-state index contributed by atoms with van der Waals surface area (Å²) >= 11 is 0. The number of rotatable bonds is 12. The van der Waals surface area contributed by atoms with Crippen LogP contribution in [0.4, 0.5) is 0 Å². The molecule has 220 valence electrons. The molecule has 1 saturated carbocycles. The summed E-state index contributed by atoms with van der Waals surface area (Å²) < 4.78 is 45.3. The third-order valence-electron chi connectivity index (χ3n) is 7.08. The van der Waals surface area contributed by atoms with Gasteiger partial charge in [0.25, 0.3) is 0 Å². The van der Waals surface area contributed by atoms with Gasteiger partial charge in [-0.3, -0.25) is 0 Å². The van der Waals surface area contributed by atoms with E-state index in [1.54, 1.807) is 44.2 Å². The quantitative estimate of drug-likeness (QED) is 0.229. The van der Waals surface area contributed by atoms with Gasteiger partial charge in [0.05, 0.1) is 13.2 Å². The van der Waals surface area contributed by atoms with Crippen LogP contribution in [0.2, 0.25) is 0 Å². The Balaban J connectivity index is 1.84. The Bertz CT molecular complexity index is 1120. The van der Waals surface area contributed by atoms with Crippen LogP contribution in [0.15, 0.2) is 49.6 Å². The summed E-state index contributed by atoms with van der Waals surface area (Å²) in [6.07, 6.45) is 2.68. The number of carbonyl (C=O) groups is 2. The summed E-state index contributed by atoms with van der Waals surface area (Å²) in [5.41, 5.74) is -1.35. The molecule has 2 aliphatic rings. The lowest BCUT2D eigenvalue weighted by molar-refractivity contribution is -0.460. The van der Waals surface area contributed by atoms with E-state index in [0.717, 1.165) is 7.11 Å². The van der Waals surface area contributed by atoms with Crippen LogP contribution in [0.1, 0.15) is 32.3 Å². The normalized spacial score (nSPS) is 31.6. The van der Waals surface area contributed by atoms with Crippen molar-refractivity contribution in [2.45, 2.75) is 62.2 Å². The minimum Gasteiger partial charge on any atom is -0.486 e. The molecule has 1 aliphatic heterocycles.